The van der Waals surface area contributed by atoms with Crippen LogP contribution in [0.5, 0.6) is 5.75 Å². The maximum Gasteiger partial charge on any atom is 0.259 e. The van der Waals surface area contributed by atoms with Gasteiger partial charge in [0.25, 0.3) is 5.91 Å². The quantitative estimate of drug-likeness (QED) is 0.382. The number of anilines is 1. The van der Waals surface area contributed by atoms with Crippen molar-refractivity contribution < 1.29 is 14.7 Å². The summed E-state index contributed by atoms with van der Waals surface area (Å²) in [6, 6.07) is 4.78. The molecule has 0 aliphatic rings. The summed E-state index contributed by atoms with van der Waals surface area (Å²) in [6.07, 6.45) is 2.99. The van der Waals surface area contributed by atoms with Gasteiger partial charge in [-0.15, -0.1) is 5.16 Å². The van der Waals surface area contributed by atoms with Crippen molar-refractivity contribution in [1.29, 1.82) is 0 Å². The van der Waals surface area contributed by atoms with Crippen molar-refractivity contribution in [3.05, 3.63) is 45.8 Å². The average molecular weight is 408 g/mol. The Balaban J connectivity index is 2.07. The average Bonchev–Trinajstić information content (AvgIpc) is 2.98. The highest BCUT2D eigenvalue weighted by atomic mass is 35.5. The molecule has 0 fully saturated rings. The van der Waals surface area contributed by atoms with Gasteiger partial charge in [-0.1, -0.05) is 23.2 Å². The van der Waals surface area contributed by atoms with Crippen LogP contribution in [0.25, 0.3) is 11.0 Å². The molecule has 2 N–H and O–H groups in total. The summed E-state index contributed by atoms with van der Waals surface area (Å²) in [4.78, 5) is 21.4. The minimum atomic E-state index is -0.412. The van der Waals surface area contributed by atoms with Crippen LogP contribution in [0.15, 0.2) is 29.6 Å². The van der Waals surface area contributed by atoms with Gasteiger partial charge in [0.05, 0.1) is 34.4 Å². The van der Waals surface area contributed by atoms with Crippen LogP contribution < -0.4 is 10.1 Å². The molecule has 3 rings (SSSR count). The van der Waals surface area contributed by atoms with E-state index < -0.39 is 5.91 Å². The van der Waals surface area contributed by atoms with Gasteiger partial charge in [-0.2, -0.15) is 0 Å². The van der Waals surface area contributed by atoms with Gasteiger partial charge in [0.1, 0.15) is 17.1 Å². The molecule has 2 heterocycles. The Morgan fingerprint density at radius 2 is 2.22 bits per heavy atom. The number of carbonyl (C=O) groups is 1. The molecule has 0 unspecified atom stereocenters. The first kappa shape index (κ1) is 18.9. The standard InChI is InChI=1S/C17H15Cl2N5O3/c1-24-13(5-6-21-26)22-14-12(27-2)4-3-10(15(14)24)17(25)23-16-11(19)7-9(18)8-20-16/h3-4,6-8,26H,5H2,1-2H3,(H,20,23,25). The minimum absolute atomic E-state index is 0.199. The third kappa shape index (κ3) is 3.67. The van der Waals surface area contributed by atoms with Gasteiger partial charge in [-0.05, 0) is 18.2 Å². The molecule has 2 aromatic heterocycles. The van der Waals surface area contributed by atoms with Gasteiger partial charge in [-0.3, -0.25) is 4.79 Å². The topological polar surface area (TPSA) is 102 Å². The maximum atomic E-state index is 12.8. The highest BCUT2D eigenvalue weighted by molar-refractivity contribution is 6.36. The van der Waals surface area contributed by atoms with Gasteiger partial charge in [0.15, 0.2) is 5.82 Å². The number of aromatic nitrogens is 3. The molecule has 1 aromatic carbocycles. The van der Waals surface area contributed by atoms with E-state index >= 15 is 0 Å². The fraction of sp³-hybridized carbons (Fsp3) is 0.176. The first-order valence-corrected chi connectivity index (χ1v) is 8.52. The van der Waals surface area contributed by atoms with Crippen LogP contribution in [0.4, 0.5) is 5.82 Å². The third-order valence-corrected chi connectivity index (χ3v) is 4.43. The number of methoxy groups -OCH3 is 1. The number of nitrogens with zero attached hydrogens (tertiary/aromatic N) is 4. The number of halogens is 2. The second-order valence-corrected chi connectivity index (χ2v) is 6.38. The number of aryl methyl sites for hydroxylation is 1. The largest absolute Gasteiger partial charge is 0.494 e. The van der Waals surface area contributed by atoms with E-state index in [9.17, 15) is 4.79 Å². The molecule has 0 atom stereocenters. The zero-order chi connectivity index (χ0) is 19.6. The summed E-state index contributed by atoms with van der Waals surface area (Å²) in [7, 11) is 3.29. The summed E-state index contributed by atoms with van der Waals surface area (Å²) in [6.45, 7) is 0. The number of pyridine rings is 1. The van der Waals surface area contributed by atoms with E-state index in [4.69, 9.17) is 33.1 Å². The molecule has 0 aliphatic carbocycles. The van der Waals surface area contributed by atoms with Crippen LogP contribution in [0.3, 0.4) is 0 Å². The number of amides is 1. The predicted octanol–water partition coefficient (Wildman–Crippen LogP) is 3.54. The van der Waals surface area contributed by atoms with Crippen LogP contribution in [0.1, 0.15) is 16.2 Å². The number of ether oxygens (including phenoxy) is 1. The normalized spacial score (nSPS) is 11.3. The van der Waals surface area contributed by atoms with E-state index in [0.29, 0.717) is 33.2 Å². The van der Waals surface area contributed by atoms with Gasteiger partial charge < -0.3 is 19.8 Å². The SMILES string of the molecule is COc1ccc(C(=O)Nc2ncc(Cl)cc2Cl)c2c1nc(CC=NO)n2C. The second-order valence-electron chi connectivity index (χ2n) is 5.54. The van der Waals surface area contributed by atoms with Crippen molar-refractivity contribution >= 4 is 52.2 Å². The minimum Gasteiger partial charge on any atom is -0.494 e. The number of oxime groups is 1. The third-order valence-electron chi connectivity index (χ3n) is 3.94. The zero-order valence-corrected chi connectivity index (χ0v) is 15.9. The summed E-state index contributed by atoms with van der Waals surface area (Å²) >= 11 is 11.9. The van der Waals surface area contributed by atoms with Gasteiger partial charge in [0, 0.05) is 19.7 Å². The first-order chi connectivity index (χ1) is 13.0. The van der Waals surface area contributed by atoms with Crippen molar-refractivity contribution in [3.8, 4) is 5.75 Å². The number of hydrogen-bond donors (Lipinski definition) is 2. The molecule has 0 aliphatic heterocycles. The molecule has 0 spiro atoms. The van der Waals surface area contributed by atoms with Crippen molar-refractivity contribution in [3.63, 3.8) is 0 Å². The smallest absolute Gasteiger partial charge is 0.259 e. The van der Waals surface area contributed by atoms with E-state index in [1.54, 1.807) is 23.7 Å². The van der Waals surface area contributed by atoms with Crippen LogP contribution in [0.2, 0.25) is 10.0 Å². The maximum absolute atomic E-state index is 12.8. The summed E-state index contributed by atoms with van der Waals surface area (Å²) in [5.41, 5.74) is 1.45. The Morgan fingerprint density at radius 3 is 2.89 bits per heavy atom. The Morgan fingerprint density at radius 1 is 1.44 bits per heavy atom. The van der Waals surface area contributed by atoms with E-state index in [0.717, 1.165) is 0 Å². The lowest BCUT2D eigenvalue weighted by Gasteiger charge is -2.10. The van der Waals surface area contributed by atoms with E-state index in [2.05, 4.69) is 20.4 Å². The predicted molar refractivity (Wildman–Crippen MR) is 103 cm³/mol. The van der Waals surface area contributed by atoms with E-state index in [1.807, 2.05) is 0 Å². The molecule has 140 valence electrons. The van der Waals surface area contributed by atoms with Crippen molar-refractivity contribution in [2.45, 2.75) is 6.42 Å². The molecule has 27 heavy (non-hydrogen) atoms. The van der Waals surface area contributed by atoms with Gasteiger partial charge in [0.2, 0.25) is 0 Å². The lowest BCUT2D eigenvalue weighted by atomic mass is 10.1. The molecule has 0 saturated heterocycles. The van der Waals surface area contributed by atoms with Crippen LogP contribution in [0, 0.1) is 0 Å². The summed E-state index contributed by atoms with van der Waals surface area (Å²) in [5.74, 6) is 0.908. The van der Waals surface area contributed by atoms with Gasteiger partial charge in [-0.25, -0.2) is 9.97 Å². The van der Waals surface area contributed by atoms with Crippen LogP contribution >= 0.6 is 23.2 Å². The van der Waals surface area contributed by atoms with Crippen molar-refractivity contribution in [1.82, 2.24) is 14.5 Å². The highest BCUT2D eigenvalue weighted by Crippen LogP contribution is 2.30. The highest BCUT2D eigenvalue weighted by Gasteiger charge is 2.20. The number of carbonyl (C=O) groups excluding carboxylic acids is 1. The Hall–Kier alpha value is -2.84. The molecule has 0 radical (unpaired) electrons. The molecule has 0 bridgehead atoms. The lowest BCUT2D eigenvalue weighted by Crippen LogP contribution is -2.15. The number of imidazole rings is 1. The molecule has 10 heteroatoms. The monoisotopic (exact) mass is 407 g/mol. The van der Waals surface area contributed by atoms with E-state index in [-0.39, 0.29) is 17.3 Å². The molecular formula is C17H15Cl2N5O3. The Bertz CT molecular complexity index is 1050. The molecule has 3 aromatic rings. The number of nitrogens with one attached hydrogen (secondary N) is 1. The second kappa shape index (κ2) is 7.81. The number of benzene rings is 1. The number of rotatable bonds is 5. The first-order valence-electron chi connectivity index (χ1n) is 7.76. The van der Waals surface area contributed by atoms with Crippen LogP contribution in [-0.2, 0) is 13.5 Å². The van der Waals surface area contributed by atoms with Gasteiger partial charge >= 0.3 is 0 Å². The number of fused-ring (bicyclic) bond motifs is 1. The van der Waals surface area contributed by atoms with Crippen molar-refractivity contribution in [2.24, 2.45) is 12.2 Å². The summed E-state index contributed by atoms with van der Waals surface area (Å²) < 4.78 is 7.09. The summed E-state index contributed by atoms with van der Waals surface area (Å²) in [5, 5.41) is 14.9. The number of hydrogen-bond acceptors (Lipinski definition) is 6. The van der Waals surface area contributed by atoms with E-state index in [1.165, 1.54) is 25.6 Å². The fourth-order valence-corrected chi connectivity index (χ4v) is 3.10. The zero-order valence-electron chi connectivity index (χ0n) is 14.4. The lowest BCUT2D eigenvalue weighted by molar-refractivity contribution is 0.102. The Kier molecular flexibility index (Phi) is 5.48. The van der Waals surface area contributed by atoms with Crippen molar-refractivity contribution in [2.75, 3.05) is 12.4 Å². The molecule has 0 saturated carbocycles. The molecular weight excluding hydrogens is 393 g/mol. The fourth-order valence-electron chi connectivity index (χ4n) is 2.68. The molecule has 8 nitrogen and oxygen atoms in total. The Labute approximate surface area is 164 Å². The van der Waals surface area contributed by atoms with Crippen LogP contribution in [-0.4, -0.2) is 39.0 Å². The molecule has 1 amide bonds.